The Bertz CT molecular complexity index is 1260. The zero-order valence-corrected chi connectivity index (χ0v) is 23.6. The van der Waals surface area contributed by atoms with Crippen molar-refractivity contribution in [1.82, 2.24) is 15.3 Å². The summed E-state index contributed by atoms with van der Waals surface area (Å²) in [6.07, 6.45) is -4.58. The Labute approximate surface area is 245 Å². The Kier molecular flexibility index (Phi) is 10.2. The van der Waals surface area contributed by atoms with Gasteiger partial charge in [0.05, 0.1) is 5.56 Å². The van der Waals surface area contributed by atoms with Crippen LogP contribution in [0.4, 0.5) is 38.0 Å². The van der Waals surface area contributed by atoms with Crippen molar-refractivity contribution in [1.29, 1.82) is 0 Å². The lowest BCUT2D eigenvalue weighted by molar-refractivity contribution is -0.144. The van der Waals surface area contributed by atoms with Crippen molar-refractivity contribution in [2.45, 2.75) is 63.3 Å². The number of nitrogens with zero attached hydrogens (tertiary/aromatic N) is 5. The highest BCUT2D eigenvalue weighted by atomic mass is 19.4. The minimum atomic E-state index is -4.77. The quantitative estimate of drug-likeness (QED) is 0.159. The number of hydrogen-bond donors (Lipinski definition) is 3. The average molecular weight is 615 g/mol. The number of aliphatic imine (C=N–C) groups is 1. The Morgan fingerprint density at radius 3 is 2.26 bits per heavy atom. The SMILES string of the molecule is NC(N)=NCCCC1CCN(c2cc(N3CCCC3C(=O)NCCc3ccc(C(F)(F)F)cc3)nc(C(F)(F)F)n2)CC1. The molecule has 1 unspecified atom stereocenters. The number of alkyl halides is 6. The summed E-state index contributed by atoms with van der Waals surface area (Å²) in [6, 6.07) is 5.46. The van der Waals surface area contributed by atoms with Gasteiger partial charge in [-0.1, -0.05) is 12.1 Å². The van der Waals surface area contributed by atoms with E-state index in [2.05, 4.69) is 20.3 Å². The molecule has 2 saturated heterocycles. The Hall–Kier alpha value is -3.78. The molecule has 0 saturated carbocycles. The fourth-order valence-electron chi connectivity index (χ4n) is 5.52. The first-order valence-electron chi connectivity index (χ1n) is 14.3. The van der Waals surface area contributed by atoms with Gasteiger partial charge in [-0.2, -0.15) is 26.3 Å². The van der Waals surface area contributed by atoms with Gasteiger partial charge >= 0.3 is 12.4 Å². The van der Waals surface area contributed by atoms with E-state index in [4.69, 9.17) is 11.5 Å². The zero-order chi connectivity index (χ0) is 31.2. The number of halogens is 6. The highest BCUT2D eigenvalue weighted by molar-refractivity contribution is 5.85. The first kappa shape index (κ1) is 32.1. The van der Waals surface area contributed by atoms with Crippen LogP contribution in [-0.2, 0) is 23.6 Å². The van der Waals surface area contributed by atoms with Crippen molar-refractivity contribution in [2.75, 3.05) is 42.5 Å². The van der Waals surface area contributed by atoms with E-state index in [0.29, 0.717) is 56.9 Å². The van der Waals surface area contributed by atoms with Crippen molar-refractivity contribution >= 4 is 23.5 Å². The number of guanidine groups is 1. The Morgan fingerprint density at radius 2 is 1.63 bits per heavy atom. The van der Waals surface area contributed by atoms with Gasteiger partial charge in [0.25, 0.3) is 0 Å². The second-order valence-corrected chi connectivity index (χ2v) is 10.9. The smallest absolute Gasteiger partial charge is 0.370 e. The number of anilines is 2. The van der Waals surface area contributed by atoms with Gasteiger partial charge in [-0.05, 0) is 68.6 Å². The largest absolute Gasteiger partial charge is 0.451 e. The van der Waals surface area contributed by atoms with Crippen molar-refractivity contribution in [2.24, 2.45) is 22.4 Å². The molecule has 4 rings (SSSR count). The van der Waals surface area contributed by atoms with Crippen LogP contribution < -0.4 is 26.6 Å². The summed E-state index contributed by atoms with van der Waals surface area (Å²) in [7, 11) is 0. The summed E-state index contributed by atoms with van der Waals surface area (Å²) in [4.78, 5) is 28.1. The lowest BCUT2D eigenvalue weighted by Crippen LogP contribution is -2.44. The number of aromatic nitrogens is 2. The number of amides is 1. The highest BCUT2D eigenvalue weighted by Crippen LogP contribution is 2.34. The van der Waals surface area contributed by atoms with Crippen LogP contribution in [0.1, 0.15) is 55.5 Å². The van der Waals surface area contributed by atoms with Gasteiger partial charge in [-0.15, -0.1) is 0 Å². The van der Waals surface area contributed by atoms with Gasteiger partial charge in [0.1, 0.15) is 17.7 Å². The van der Waals surface area contributed by atoms with Gasteiger partial charge in [-0.3, -0.25) is 9.79 Å². The molecule has 0 aliphatic carbocycles. The van der Waals surface area contributed by atoms with Gasteiger partial charge in [0, 0.05) is 38.8 Å². The Morgan fingerprint density at radius 1 is 0.953 bits per heavy atom. The molecule has 0 bridgehead atoms. The van der Waals surface area contributed by atoms with Crippen LogP contribution in [0.25, 0.3) is 0 Å². The van der Waals surface area contributed by atoms with Crippen molar-refractivity contribution < 1.29 is 31.1 Å². The fraction of sp³-hybridized carbons (Fsp3) is 0.571. The summed E-state index contributed by atoms with van der Waals surface area (Å²) >= 11 is 0. The number of benzene rings is 1. The number of nitrogens with two attached hydrogens (primary N) is 2. The molecule has 1 atom stereocenters. The normalized spacial score (nSPS) is 18.1. The molecule has 2 fully saturated rings. The number of piperidine rings is 1. The third-order valence-electron chi connectivity index (χ3n) is 7.80. The maximum Gasteiger partial charge on any atom is 0.451 e. The van der Waals surface area contributed by atoms with Crippen molar-refractivity contribution in [3.05, 3.63) is 47.3 Å². The number of nitrogens with one attached hydrogen (secondary N) is 1. The Balaban J connectivity index is 1.39. The molecule has 1 aromatic heterocycles. The summed E-state index contributed by atoms with van der Waals surface area (Å²) in [5.41, 5.74) is 10.6. The molecule has 5 N–H and O–H groups in total. The van der Waals surface area contributed by atoms with Crippen molar-refractivity contribution in [3.8, 4) is 0 Å². The fourth-order valence-corrected chi connectivity index (χ4v) is 5.52. The minimum absolute atomic E-state index is 0.0390. The molecule has 2 aromatic rings. The molecule has 43 heavy (non-hydrogen) atoms. The predicted octanol–water partition coefficient (Wildman–Crippen LogP) is 4.11. The number of hydrogen-bond acceptors (Lipinski definition) is 6. The number of carbonyl (C=O) groups is 1. The monoisotopic (exact) mass is 614 g/mol. The molecule has 9 nitrogen and oxygen atoms in total. The highest BCUT2D eigenvalue weighted by Gasteiger charge is 2.39. The molecule has 0 radical (unpaired) electrons. The second kappa shape index (κ2) is 13.7. The third kappa shape index (κ3) is 8.86. The first-order valence-corrected chi connectivity index (χ1v) is 14.3. The van der Waals surface area contributed by atoms with E-state index in [1.54, 1.807) is 4.90 Å². The standard InChI is InChI=1S/C28H36F6N8O/c29-27(30,31)20-7-5-19(6-8-20)9-13-37-24(43)21-4-2-14-42(21)23-17-22(39-25(40-23)28(32,33)34)41-15-10-18(11-16-41)3-1-12-38-26(35)36/h5-8,17-18,21H,1-4,9-16H2,(H,37,43)(H4,35,36,38). The van der Waals surface area contributed by atoms with Crippen LogP contribution in [0.3, 0.4) is 0 Å². The first-order chi connectivity index (χ1) is 20.3. The zero-order valence-electron chi connectivity index (χ0n) is 23.6. The van der Waals surface area contributed by atoms with Crippen molar-refractivity contribution in [3.63, 3.8) is 0 Å². The number of rotatable bonds is 10. The van der Waals surface area contributed by atoms with Crippen LogP contribution in [0.15, 0.2) is 35.3 Å². The number of carbonyl (C=O) groups excluding carboxylic acids is 1. The second-order valence-electron chi connectivity index (χ2n) is 10.9. The molecule has 236 valence electrons. The maximum absolute atomic E-state index is 13.8. The van der Waals surface area contributed by atoms with Gasteiger partial charge in [-0.25, -0.2) is 9.97 Å². The van der Waals surface area contributed by atoms with E-state index in [-0.39, 0.29) is 30.0 Å². The van der Waals surface area contributed by atoms with Crippen LogP contribution in [-0.4, -0.2) is 60.6 Å². The van der Waals surface area contributed by atoms with Gasteiger partial charge in [0.15, 0.2) is 5.96 Å². The topological polar surface area (TPSA) is 126 Å². The molecule has 3 heterocycles. The van der Waals surface area contributed by atoms with Crippen LogP contribution in [0.2, 0.25) is 0 Å². The van der Waals surface area contributed by atoms with Gasteiger partial charge < -0.3 is 26.6 Å². The molecular weight excluding hydrogens is 578 g/mol. The minimum Gasteiger partial charge on any atom is -0.370 e. The molecule has 0 spiro atoms. The maximum atomic E-state index is 13.8. The summed E-state index contributed by atoms with van der Waals surface area (Å²) in [6.45, 7) is 2.12. The lowest BCUT2D eigenvalue weighted by Gasteiger charge is -2.34. The van der Waals surface area contributed by atoms with Crippen LogP contribution in [0.5, 0.6) is 0 Å². The van der Waals surface area contributed by atoms with E-state index in [1.165, 1.54) is 18.2 Å². The predicted molar refractivity (Wildman–Crippen MR) is 150 cm³/mol. The van der Waals surface area contributed by atoms with E-state index < -0.39 is 29.8 Å². The molecule has 2 aliphatic rings. The summed E-state index contributed by atoms with van der Waals surface area (Å²) < 4.78 is 79.9. The average Bonchev–Trinajstić information content (AvgIpc) is 3.45. The van der Waals surface area contributed by atoms with E-state index in [1.807, 2.05) is 4.90 Å². The van der Waals surface area contributed by atoms with Gasteiger partial charge in [0.2, 0.25) is 11.7 Å². The molecule has 1 aromatic carbocycles. The molecular formula is C28H36F6N8O. The lowest BCUT2D eigenvalue weighted by atomic mass is 9.92. The molecule has 15 heteroatoms. The summed E-state index contributed by atoms with van der Waals surface area (Å²) in [5.74, 6) is -0.970. The third-order valence-corrected chi connectivity index (χ3v) is 7.80. The summed E-state index contributed by atoms with van der Waals surface area (Å²) in [5, 5.41) is 2.77. The van der Waals surface area contributed by atoms with E-state index in [9.17, 15) is 31.1 Å². The molecule has 2 aliphatic heterocycles. The van der Waals surface area contributed by atoms with E-state index >= 15 is 0 Å². The van der Waals surface area contributed by atoms with E-state index in [0.717, 1.165) is 37.8 Å². The van der Waals surface area contributed by atoms with Crippen LogP contribution in [0, 0.1) is 5.92 Å². The molecule has 1 amide bonds. The van der Waals surface area contributed by atoms with Crippen LogP contribution >= 0.6 is 0 Å².